The molecule has 268 valence electrons. The molecule has 1 spiro atoms. The van der Waals surface area contributed by atoms with Crippen LogP contribution in [0.25, 0.3) is 0 Å². The van der Waals surface area contributed by atoms with Crippen molar-refractivity contribution in [1.29, 1.82) is 0 Å². The van der Waals surface area contributed by atoms with Gasteiger partial charge in [0.25, 0.3) is 0 Å². The number of likely N-dealkylation sites (tertiary alicyclic amines) is 1. The number of carbonyl (C=O) groups is 3. The van der Waals surface area contributed by atoms with Crippen molar-refractivity contribution in [2.24, 2.45) is 0 Å². The van der Waals surface area contributed by atoms with Crippen LogP contribution >= 0.6 is 11.6 Å². The molecule has 3 aromatic rings. The lowest BCUT2D eigenvalue weighted by Crippen LogP contribution is -2.36. The van der Waals surface area contributed by atoms with Crippen molar-refractivity contribution < 1.29 is 69.2 Å². The summed E-state index contributed by atoms with van der Waals surface area (Å²) in [5, 5.41) is 22.2. The minimum Gasteiger partial charge on any atom is -0.475 e. The number of hydrogen-bond donors (Lipinski definition) is 3. The number of carboxylic acid groups (broad SMARTS) is 3. The van der Waals surface area contributed by atoms with E-state index in [9.17, 15) is 39.5 Å². The first-order valence-corrected chi connectivity index (χ1v) is 13.9. The number of fused-ring (bicyclic) bond motifs is 2. The Labute approximate surface area is 276 Å². The zero-order valence-electron chi connectivity index (χ0n) is 24.7. The monoisotopic (exact) mass is 732 g/mol. The third-order valence-corrected chi connectivity index (χ3v) is 6.89. The molecule has 1 saturated heterocycles. The van der Waals surface area contributed by atoms with E-state index in [0.717, 1.165) is 49.9 Å². The van der Waals surface area contributed by atoms with Gasteiger partial charge in [-0.1, -0.05) is 29.8 Å². The Morgan fingerprint density at radius 2 is 1.29 bits per heavy atom. The van der Waals surface area contributed by atoms with E-state index < -0.39 is 36.4 Å². The van der Waals surface area contributed by atoms with Crippen LogP contribution in [0.3, 0.4) is 0 Å². The first-order valence-electron chi connectivity index (χ1n) is 13.5. The van der Waals surface area contributed by atoms with Crippen LogP contribution in [0.15, 0.2) is 67.0 Å². The highest BCUT2D eigenvalue weighted by Gasteiger charge is 2.48. The van der Waals surface area contributed by atoms with Gasteiger partial charge in [-0.3, -0.25) is 14.9 Å². The van der Waals surface area contributed by atoms with E-state index in [1.807, 2.05) is 36.7 Å². The summed E-state index contributed by atoms with van der Waals surface area (Å²) in [7, 11) is 0. The second-order valence-electron chi connectivity index (χ2n) is 10.3. The lowest BCUT2D eigenvalue weighted by molar-refractivity contribution is -0.193. The maximum atomic E-state index is 10.6. The van der Waals surface area contributed by atoms with Crippen LogP contribution in [0.4, 0.5) is 45.2 Å². The van der Waals surface area contributed by atoms with E-state index >= 15 is 0 Å². The molecule has 1 fully saturated rings. The molecular weight excluding hydrogens is 707 g/mol. The summed E-state index contributed by atoms with van der Waals surface area (Å²) in [5.41, 5.74) is 4.98. The lowest BCUT2D eigenvalue weighted by Gasteiger charge is -2.26. The summed E-state index contributed by atoms with van der Waals surface area (Å²) >= 11 is 6.17. The highest BCUT2D eigenvalue weighted by molar-refractivity contribution is 6.30. The zero-order chi connectivity index (χ0) is 37.2. The number of benzene rings is 1. The van der Waals surface area contributed by atoms with Gasteiger partial charge in [0.1, 0.15) is 0 Å². The number of halogens is 10. The number of anilines is 1. The number of pyridine rings is 2. The topological polar surface area (TPSA) is 144 Å². The van der Waals surface area contributed by atoms with Gasteiger partial charge in [-0.05, 0) is 54.9 Å². The summed E-state index contributed by atoms with van der Waals surface area (Å²) in [4.78, 5) is 41.0. The lowest BCUT2D eigenvalue weighted by atomic mass is 9.85. The van der Waals surface area contributed by atoms with Gasteiger partial charge in [-0.2, -0.15) is 39.5 Å². The number of aliphatic carboxylic acids is 3. The maximum Gasteiger partial charge on any atom is 0.490 e. The minimum absolute atomic E-state index is 0.101. The van der Waals surface area contributed by atoms with Crippen molar-refractivity contribution in [3.05, 3.63) is 89.0 Å². The molecule has 2 aromatic heterocycles. The van der Waals surface area contributed by atoms with Crippen molar-refractivity contribution in [3.8, 4) is 0 Å². The molecule has 4 heterocycles. The molecule has 0 radical (unpaired) electrons. The van der Waals surface area contributed by atoms with E-state index in [1.54, 1.807) is 0 Å². The van der Waals surface area contributed by atoms with E-state index in [1.165, 1.54) is 16.9 Å². The number of nitrogens with zero attached hydrogens (tertiary/aromatic N) is 4. The average molecular weight is 733 g/mol. The molecule has 10 nitrogen and oxygen atoms in total. The Bertz CT molecular complexity index is 1520. The normalized spacial score (nSPS) is 17.1. The predicted molar refractivity (Wildman–Crippen MR) is 154 cm³/mol. The largest absolute Gasteiger partial charge is 0.490 e. The van der Waals surface area contributed by atoms with Crippen molar-refractivity contribution in [2.75, 3.05) is 24.5 Å². The molecular formula is C29H26ClF9N4O6. The maximum absolute atomic E-state index is 10.6. The molecule has 1 unspecified atom stereocenters. The minimum atomic E-state index is -5.08. The number of aromatic nitrogens is 2. The molecule has 5 rings (SSSR count). The molecule has 1 atom stereocenters. The summed E-state index contributed by atoms with van der Waals surface area (Å²) in [6, 6.07) is 18.6. The second kappa shape index (κ2) is 16.6. The Kier molecular flexibility index (Phi) is 13.8. The van der Waals surface area contributed by atoms with Crippen molar-refractivity contribution >= 4 is 35.2 Å². The van der Waals surface area contributed by atoms with Crippen molar-refractivity contribution in [3.63, 3.8) is 0 Å². The molecule has 1 aromatic carbocycles. The number of carboxylic acids is 3. The van der Waals surface area contributed by atoms with Gasteiger partial charge in [0.05, 0.1) is 23.6 Å². The van der Waals surface area contributed by atoms with Crippen LogP contribution in [-0.4, -0.2) is 86.3 Å². The van der Waals surface area contributed by atoms with Crippen molar-refractivity contribution in [1.82, 2.24) is 14.9 Å². The van der Waals surface area contributed by atoms with Gasteiger partial charge >= 0.3 is 36.4 Å². The third kappa shape index (κ3) is 12.7. The Hall–Kier alpha value is -4.65. The summed E-state index contributed by atoms with van der Waals surface area (Å²) < 4.78 is 95.2. The van der Waals surface area contributed by atoms with Gasteiger partial charge in [-0.15, -0.1) is 0 Å². The van der Waals surface area contributed by atoms with E-state index in [-0.39, 0.29) is 5.41 Å². The number of hydrogen-bond acceptors (Lipinski definition) is 7. The second-order valence-corrected chi connectivity index (χ2v) is 10.8. The Morgan fingerprint density at radius 3 is 1.78 bits per heavy atom. The Morgan fingerprint density at radius 1 is 0.735 bits per heavy atom. The molecule has 0 amide bonds. The van der Waals surface area contributed by atoms with Gasteiger partial charge in [0, 0.05) is 42.5 Å². The summed E-state index contributed by atoms with van der Waals surface area (Å²) in [6.45, 7) is 4.88. The highest BCUT2D eigenvalue weighted by Crippen LogP contribution is 2.45. The smallest absolute Gasteiger partial charge is 0.475 e. The molecule has 2 aliphatic heterocycles. The molecule has 20 heteroatoms. The fourth-order valence-electron chi connectivity index (χ4n) is 4.72. The van der Waals surface area contributed by atoms with E-state index in [2.05, 4.69) is 45.1 Å². The Balaban J connectivity index is 0.000000325. The van der Waals surface area contributed by atoms with Crippen LogP contribution < -0.4 is 4.90 Å². The van der Waals surface area contributed by atoms with Gasteiger partial charge in [0.2, 0.25) is 0 Å². The standard InChI is InChI=1S/C23H23ClN4.3C2HF3O2/c24-19-6-3-5-18(13-19)14-27-12-9-23(16-27)17-28(15-20-7-1-2-10-25-20)21-8-4-11-26-22(21)23;3*3-2(4,5)1(6)7/h1-8,10-11,13H,9,12,14-17H2;3*(H,6,7). The van der Waals surface area contributed by atoms with Gasteiger partial charge < -0.3 is 20.2 Å². The number of alkyl halides is 9. The van der Waals surface area contributed by atoms with Gasteiger partial charge in [-0.25, -0.2) is 14.4 Å². The van der Waals surface area contributed by atoms with Crippen LogP contribution in [0.5, 0.6) is 0 Å². The SMILES string of the molecule is Clc1cccc(CN2CCC3(C2)CN(Cc2ccccn2)c2cccnc23)c1.O=C(O)C(F)(F)F.O=C(O)C(F)(F)F.O=C(O)C(F)(F)F. The molecule has 0 aliphatic carbocycles. The fourth-order valence-corrected chi connectivity index (χ4v) is 4.94. The first-order chi connectivity index (χ1) is 22.5. The van der Waals surface area contributed by atoms with E-state index in [4.69, 9.17) is 46.3 Å². The average Bonchev–Trinajstić information content (AvgIpc) is 3.53. The van der Waals surface area contributed by atoms with Crippen LogP contribution in [0, 0.1) is 0 Å². The van der Waals surface area contributed by atoms with Crippen LogP contribution in [0.2, 0.25) is 5.02 Å². The fraction of sp³-hybridized carbons (Fsp3) is 0.345. The molecule has 0 saturated carbocycles. The third-order valence-electron chi connectivity index (χ3n) is 6.66. The number of rotatable bonds is 4. The molecule has 3 N–H and O–H groups in total. The van der Waals surface area contributed by atoms with Crippen LogP contribution in [-0.2, 0) is 32.9 Å². The van der Waals surface area contributed by atoms with Gasteiger partial charge in [0.15, 0.2) is 0 Å². The molecule has 0 bridgehead atoms. The quantitative estimate of drug-likeness (QED) is 0.266. The van der Waals surface area contributed by atoms with Crippen molar-refractivity contribution in [2.45, 2.75) is 43.5 Å². The summed E-state index contributed by atoms with van der Waals surface area (Å²) in [5.74, 6) is -8.27. The highest BCUT2D eigenvalue weighted by atomic mass is 35.5. The van der Waals surface area contributed by atoms with Crippen LogP contribution in [0.1, 0.15) is 23.4 Å². The molecule has 2 aliphatic rings. The van der Waals surface area contributed by atoms with E-state index in [0.29, 0.717) is 0 Å². The summed E-state index contributed by atoms with van der Waals surface area (Å²) in [6.07, 6.45) is -10.3. The molecule has 49 heavy (non-hydrogen) atoms. The zero-order valence-corrected chi connectivity index (χ0v) is 25.5. The first kappa shape index (κ1) is 40.5. The predicted octanol–water partition coefficient (Wildman–Crippen LogP) is 6.19.